The number of aromatic nitrogens is 2. The molecular formula is C25H31F4N5OS. The van der Waals surface area contributed by atoms with Crippen molar-refractivity contribution in [3.05, 3.63) is 46.6 Å². The van der Waals surface area contributed by atoms with Crippen LogP contribution in [0.4, 0.5) is 22.7 Å². The Morgan fingerprint density at radius 3 is 2.86 bits per heavy atom. The highest BCUT2D eigenvalue weighted by Gasteiger charge is 2.42. The molecule has 4 heterocycles. The highest BCUT2D eigenvalue weighted by molar-refractivity contribution is 7.15. The molecule has 1 fully saturated rings. The first-order valence-corrected chi connectivity index (χ1v) is 13.1. The number of nitrogens with zero attached hydrogens (tertiary/aromatic N) is 3. The molecule has 3 N–H and O–H groups in total. The number of benzene rings is 1. The zero-order valence-electron chi connectivity index (χ0n) is 20.1. The maximum Gasteiger partial charge on any atom is 0.283 e. The molecule has 2 aliphatic rings. The van der Waals surface area contributed by atoms with E-state index < -0.39 is 44.0 Å². The summed E-state index contributed by atoms with van der Waals surface area (Å²) in [5.74, 6) is -3.25. The van der Waals surface area contributed by atoms with Crippen LogP contribution in [-0.4, -0.2) is 88.5 Å². The first-order chi connectivity index (χ1) is 17.3. The van der Waals surface area contributed by atoms with Crippen LogP contribution >= 0.6 is 11.3 Å². The number of H-pyrrole nitrogens is 1. The van der Waals surface area contributed by atoms with Gasteiger partial charge in [0.05, 0.1) is 25.3 Å². The van der Waals surface area contributed by atoms with Crippen molar-refractivity contribution >= 4 is 27.4 Å². The molecule has 0 radical (unpaired) electrons. The largest absolute Gasteiger partial charge is 0.390 e. The molecule has 0 saturated carbocycles. The average molecular weight is 526 g/mol. The molecule has 1 saturated heterocycles. The van der Waals surface area contributed by atoms with E-state index in [4.69, 9.17) is 0 Å². The van der Waals surface area contributed by atoms with Gasteiger partial charge in [-0.1, -0.05) is 18.2 Å². The van der Waals surface area contributed by atoms with Crippen molar-refractivity contribution in [1.29, 1.82) is 0 Å². The third-order valence-corrected chi connectivity index (χ3v) is 8.18. The summed E-state index contributed by atoms with van der Waals surface area (Å²) >= 11 is 1.32. The quantitative estimate of drug-likeness (QED) is 0.362. The highest BCUT2D eigenvalue weighted by Crippen LogP contribution is 2.44. The molecule has 1 aromatic carbocycles. The van der Waals surface area contributed by atoms with Gasteiger partial charge >= 0.3 is 0 Å². The lowest BCUT2D eigenvalue weighted by atomic mass is 9.91. The van der Waals surface area contributed by atoms with E-state index in [1.807, 2.05) is 36.1 Å². The zero-order chi connectivity index (χ0) is 25.4. The van der Waals surface area contributed by atoms with Crippen LogP contribution in [0.5, 0.6) is 0 Å². The molecule has 11 heteroatoms. The maximum absolute atomic E-state index is 14.6. The van der Waals surface area contributed by atoms with Crippen LogP contribution in [0, 0.1) is 0 Å². The molecule has 4 atom stereocenters. The van der Waals surface area contributed by atoms with Crippen molar-refractivity contribution in [1.82, 2.24) is 19.8 Å². The number of hydrogen-bond donors (Lipinski definition) is 3. The van der Waals surface area contributed by atoms with Crippen LogP contribution in [0.1, 0.15) is 35.5 Å². The predicted octanol–water partition coefficient (Wildman–Crippen LogP) is 4.38. The number of hydrogen-bond acceptors (Lipinski definition) is 6. The molecule has 0 amide bonds. The van der Waals surface area contributed by atoms with Gasteiger partial charge in [-0.2, -0.15) is 0 Å². The van der Waals surface area contributed by atoms with E-state index in [1.165, 1.54) is 11.3 Å². The number of nitrogens with one attached hydrogen (secondary N) is 2. The SMILES string of the molecule is C[C@@H]1Cc2c([nH]c3ccccc23)[C@@H](c2cnc(N[C@H]3CN(CCCF)C[C@@H]3F)s2)N1CC(F)(F)CO. The number of likely N-dealkylation sites (tertiary alicyclic amines) is 1. The minimum Gasteiger partial charge on any atom is -0.390 e. The first kappa shape index (κ1) is 25.4. The number of aliphatic hydroxyl groups is 1. The summed E-state index contributed by atoms with van der Waals surface area (Å²) in [4.78, 5) is 12.3. The maximum atomic E-state index is 14.6. The van der Waals surface area contributed by atoms with Gasteiger partial charge in [-0.3, -0.25) is 14.2 Å². The van der Waals surface area contributed by atoms with Crippen molar-refractivity contribution in [2.75, 3.05) is 44.8 Å². The van der Waals surface area contributed by atoms with Gasteiger partial charge in [0.15, 0.2) is 5.13 Å². The highest BCUT2D eigenvalue weighted by atomic mass is 32.1. The summed E-state index contributed by atoms with van der Waals surface area (Å²) in [6.45, 7) is 0.887. The van der Waals surface area contributed by atoms with E-state index in [-0.39, 0.29) is 12.6 Å². The molecule has 0 bridgehead atoms. The minimum atomic E-state index is -3.25. The fourth-order valence-electron chi connectivity index (χ4n) is 5.46. The Morgan fingerprint density at radius 1 is 1.28 bits per heavy atom. The normalized spacial score (nSPS) is 25.5. The van der Waals surface area contributed by atoms with Gasteiger partial charge in [-0.25, -0.2) is 18.2 Å². The van der Waals surface area contributed by atoms with E-state index in [1.54, 1.807) is 11.1 Å². The fourth-order valence-corrected chi connectivity index (χ4v) is 6.47. The van der Waals surface area contributed by atoms with Crippen molar-refractivity contribution in [2.24, 2.45) is 0 Å². The topological polar surface area (TPSA) is 67.4 Å². The van der Waals surface area contributed by atoms with Crippen molar-refractivity contribution in [3.63, 3.8) is 0 Å². The molecule has 0 spiro atoms. The summed E-state index contributed by atoms with van der Waals surface area (Å²) in [6.07, 6.45) is 1.54. The summed E-state index contributed by atoms with van der Waals surface area (Å²) in [7, 11) is 0. The summed E-state index contributed by atoms with van der Waals surface area (Å²) < 4.78 is 56.0. The number of rotatable bonds is 9. The third-order valence-electron chi connectivity index (χ3n) is 7.20. The van der Waals surface area contributed by atoms with E-state index >= 15 is 0 Å². The van der Waals surface area contributed by atoms with Gasteiger partial charge in [0.25, 0.3) is 5.92 Å². The lowest BCUT2D eigenvalue weighted by molar-refractivity contribution is -0.0862. The summed E-state index contributed by atoms with van der Waals surface area (Å²) in [5.41, 5.74) is 2.88. The number of anilines is 1. The van der Waals surface area contributed by atoms with Gasteiger partial charge in [0.1, 0.15) is 12.8 Å². The first-order valence-electron chi connectivity index (χ1n) is 12.3. The van der Waals surface area contributed by atoms with E-state index in [2.05, 4.69) is 15.3 Å². The van der Waals surface area contributed by atoms with Gasteiger partial charge in [0.2, 0.25) is 0 Å². The Kier molecular flexibility index (Phi) is 7.26. The number of thiazole rings is 1. The monoisotopic (exact) mass is 525 g/mol. The summed E-state index contributed by atoms with van der Waals surface area (Å²) in [5, 5.41) is 14.0. The standard InChI is InChI=1S/C25H31F4N5OS/c1-15-9-17-16-5-2-3-6-19(16)31-22(17)23(34(15)13-25(28,29)14-35)21-10-30-24(36-21)32-20-12-33(8-4-7-26)11-18(20)27/h2-3,5-6,10,15,18,20,23,31,35H,4,7-9,11-14H2,1H3,(H,30,32)/t15-,18+,20+,23-/m1/s1. The third kappa shape index (κ3) is 4.98. The predicted molar refractivity (Wildman–Crippen MR) is 133 cm³/mol. The molecular weight excluding hydrogens is 494 g/mol. The number of para-hydroxylation sites is 1. The molecule has 2 aromatic heterocycles. The van der Waals surface area contributed by atoms with Gasteiger partial charge < -0.3 is 15.4 Å². The molecule has 196 valence electrons. The van der Waals surface area contributed by atoms with Gasteiger partial charge in [-0.15, -0.1) is 11.3 Å². The van der Waals surface area contributed by atoms with Gasteiger partial charge in [-0.05, 0) is 31.4 Å². The Bertz CT molecular complexity index is 1190. The average Bonchev–Trinajstić information content (AvgIpc) is 3.56. The minimum absolute atomic E-state index is 0.202. The number of aliphatic hydroxyl groups excluding tert-OH is 1. The lowest BCUT2D eigenvalue weighted by Crippen LogP contribution is -2.49. The second-order valence-electron chi connectivity index (χ2n) is 9.84. The van der Waals surface area contributed by atoms with Crippen LogP contribution in [0.25, 0.3) is 10.9 Å². The number of aromatic amines is 1. The molecule has 36 heavy (non-hydrogen) atoms. The molecule has 2 aliphatic heterocycles. The van der Waals surface area contributed by atoms with Gasteiger partial charge in [0, 0.05) is 53.3 Å². The second kappa shape index (κ2) is 10.3. The Balaban J connectivity index is 1.45. The lowest BCUT2D eigenvalue weighted by Gasteiger charge is -2.41. The van der Waals surface area contributed by atoms with E-state index in [9.17, 15) is 22.7 Å². The van der Waals surface area contributed by atoms with Crippen LogP contribution in [-0.2, 0) is 6.42 Å². The Labute approximate surface area is 211 Å². The Morgan fingerprint density at radius 2 is 2.08 bits per heavy atom. The smallest absolute Gasteiger partial charge is 0.283 e. The van der Waals surface area contributed by atoms with Crippen molar-refractivity contribution < 1.29 is 22.7 Å². The zero-order valence-corrected chi connectivity index (χ0v) is 20.9. The molecule has 6 nitrogen and oxygen atoms in total. The van der Waals surface area contributed by atoms with Crippen LogP contribution in [0.15, 0.2) is 30.5 Å². The van der Waals surface area contributed by atoms with Crippen molar-refractivity contribution in [3.8, 4) is 0 Å². The molecule has 0 aliphatic carbocycles. The van der Waals surface area contributed by atoms with Crippen LogP contribution < -0.4 is 5.32 Å². The molecule has 5 rings (SSSR count). The molecule has 3 aromatic rings. The fraction of sp³-hybridized carbons (Fsp3) is 0.560. The van der Waals surface area contributed by atoms with E-state index in [0.29, 0.717) is 31.1 Å². The summed E-state index contributed by atoms with van der Waals surface area (Å²) in [6, 6.07) is 6.72. The molecule has 0 unspecified atom stereocenters. The Hall–Kier alpha value is -2.21. The van der Waals surface area contributed by atoms with Crippen LogP contribution in [0.2, 0.25) is 0 Å². The van der Waals surface area contributed by atoms with E-state index in [0.717, 1.165) is 27.0 Å². The second-order valence-corrected chi connectivity index (χ2v) is 10.9. The number of fused-ring (bicyclic) bond motifs is 3. The number of halogens is 4. The van der Waals surface area contributed by atoms with Crippen molar-refractivity contribution in [2.45, 2.75) is 50.0 Å². The number of alkyl halides is 4. The van der Waals surface area contributed by atoms with Crippen LogP contribution in [0.3, 0.4) is 0 Å².